The van der Waals surface area contributed by atoms with Gasteiger partial charge in [0.05, 0.1) is 24.6 Å². The molecule has 4 rings (SSSR count). The lowest BCUT2D eigenvalue weighted by atomic mass is 10.2. The molecular weight excluding hydrogens is 360 g/mol. The molecule has 3 aromatic heterocycles. The second-order valence-corrected chi connectivity index (χ2v) is 6.44. The Bertz CT molecular complexity index is 1190. The van der Waals surface area contributed by atoms with Crippen molar-refractivity contribution in [3.8, 4) is 5.82 Å². The van der Waals surface area contributed by atoms with Crippen molar-refractivity contribution in [3.05, 3.63) is 84.2 Å². The fourth-order valence-corrected chi connectivity index (χ4v) is 3.03. The molecule has 4 aromatic rings. The number of aliphatic imine (C=N–C) groups is 2. The van der Waals surface area contributed by atoms with Crippen molar-refractivity contribution in [2.75, 3.05) is 0 Å². The molecule has 0 spiro atoms. The lowest BCUT2D eigenvalue weighted by molar-refractivity contribution is 0.972. The van der Waals surface area contributed by atoms with Crippen LogP contribution in [0.2, 0.25) is 0 Å². The summed E-state index contributed by atoms with van der Waals surface area (Å²) in [6, 6.07) is 12.1. The minimum atomic E-state index is 0.429. The zero-order chi connectivity index (χ0) is 20.1. The van der Waals surface area contributed by atoms with Gasteiger partial charge >= 0.3 is 0 Å². The van der Waals surface area contributed by atoms with E-state index in [-0.39, 0.29) is 0 Å². The number of pyridine rings is 1. The van der Waals surface area contributed by atoms with Crippen molar-refractivity contribution in [2.45, 2.75) is 13.5 Å². The number of benzene rings is 1. The van der Waals surface area contributed by atoms with E-state index in [0.29, 0.717) is 18.1 Å². The lowest BCUT2D eigenvalue weighted by Crippen LogP contribution is -1.99. The van der Waals surface area contributed by atoms with E-state index in [0.717, 1.165) is 27.8 Å². The molecule has 6 heteroatoms. The van der Waals surface area contributed by atoms with Crippen LogP contribution in [0.3, 0.4) is 0 Å². The van der Waals surface area contributed by atoms with Crippen LogP contribution in [0, 0.1) is 0 Å². The molecule has 0 aliphatic heterocycles. The second-order valence-electron chi connectivity index (χ2n) is 6.44. The summed E-state index contributed by atoms with van der Waals surface area (Å²) in [6.07, 6.45) is 13.1. The van der Waals surface area contributed by atoms with E-state index in [1.807, 2.05) is 60.3 Å². The molecule has 0 saturated heterocycles. The van der Waals surface area contributed by atoms with Gasteiger partial charge in [0.15, 0.2) is 11.6 Å². The number of hydrogen-bond donors (Lipinski definition) is 0. The molecular formula is C23H20N6. The Kier molecular flexibility index (Phi) is 5.33. The number of fused-ring (bicyclic) bond motifs is 1. The maximum Gasteiger partial charge on any atom is 0.158 e. The van der Waals surface area contributed by atoms with Gasteiger partial charge in [0.2, 0.25) is 0 Å². The molecule has 0 N–H and O–H groups in total. The first kappa shape index (κ1) is 18.4. The molecule has 0 radical (unpaired) electrons. The molecule has 0 fully saturated rings. The van der Waals surface area contributed by atoms with Crippen LogP contribution in [0.5, 0.6) is 0 Å². The van der Waals surface area contributed by atoms with Gasteiger partial charge in [-0.2, -0.15) is 0 Å². The molecule has 0 saturated carbocycles. The Morgan fingerprint density at radius 2 is 1.83 bits per heavy atom. The third-order valence-corrected chi connectivity index (χ3v) is 4.39. The normalized spacial score (nSPS) is 11.6. The van der Waals surface area contributed by atoms with E-state index in [9.17, 15) is 0 Å². The van der Waals surface area contributed by atoms with Crippen molar-refractivity contribution >= 4 is 35.6 Å². The molecule has 0 aliphatic rings. The van der Waals surface area contributed by atoms with Gasteiger partial charge in [0.25, 0.3) is 0 Å². The average molecular weight is 380 g/mol. The zero-order valence-electron chi connectivity index (χ0n) is 16.1. The first-order chi connectivity index (χ1) is 14.3. The predicted octanol–water partition coefficient (Wildman–Crippen LogP) is 4.80. The smallest absolute Gasteiger partial charge is 0.158 e. The van der Waals surface area contributed by atoms with Crippen molar-refractivity contribution in [1.29, 1.82) is 0 Å². The first-order valence-corrected chi connectivity index (χ1v) is 9.25. The van der Waals surface area contributed by atoms with Gasteiger partial charge in [-0.3, -0.25) is 9.98 Å². The zero-order valence-corrected chi connectivity index (χ0v) is 16.1. The second kappa shape index (κ2) is 8.39. The van der Waals surface area contributed by atoms with Gasteiger partial charge in [0, 0.05) is 24.2 Å². The van der Waals surface area contributed by atoms with E-state index >= 15 is 0 Å². The maximum atomic E-state index is 4.63. The average Bonchev–Trinajstić information content (AvgIpc) is 3.19. The quantitative estimate of drug-likeness (QED) is 0.451. The minimum Gasteiger partial charge on any atom is -0.306 e. The van der Waals surface area contributed by atoms with Crippen LogP contribution >= 0.6 is 0 Å². The lowest BCUT2D eigenvalue weighted by Gasteiger charge is -2.03. The third-order valence-electron chi connectivity index (χ3n) is 4.39. The van der Waals surface area contributed by atoms with Crippen molar-refractivity contribution in [2.24, 2.45) is 9.98 Å². The van der Waals surface area contributed by atoms with Crippen LogP contribution in [0.15, 0.2) is 77.2 Å². The molecule has 6 nitrogen and oxygen atoms in total. The summed E-state index contributed by atoms with van der Waals surface area (Å²) in [7, 11) is 0. The van der Waals surface area contributed by atoms with E-state index in [4.69, 9.17) is 0 Å². The van der Waals surface area contributed by atoms with Crippen molar-refractivity contribution in [3.63, 3.8) is 0 Å². The van der Waals surface area contributed by atoms with Gasteiger partial charge in [0.1, 0.15) is 5.69 Å². The summed E-state index contributed by atoms with van der Waals surface area (Å²) in [5.74, 6) is 1.36. The van der Waals surface area contributed by atoms with Crippen molar-refractivity contribution in [1.82, 2.24) is 19.5 Å². The van der Waals surface area contributed by atoms with Gasteiger partial charge < -0.3 is 4.57 Å². The van der Waals surface area contributed by atoms with Gasteiger partial charge in [-0.15, -0.1) is 0 Å². The highest BCUT2D eigenvalue weighted by Crippen LogP contribution is 2.19. The number of allylic oxidation sites excluding steroid dienone is 1. The van der Waals surface area contributed by atoms with Crippen LogP contribution in [-0.2, 0) is 6.54 Å². The highest BCUT2D eigenvalue weighted by atomic mass is 15.1. The standard InChI is InChI=1S/C23H20N6/c1-3-6-17-9-10-20(28-23(17)24-2)11-25-12-21-13-26-14-22(27-21)29-15-18-7-4-5-8-19(18)16-29/h3-10,12-16H,2,11H2,1H3/b6-3-,25-12?. The predicted molar refractivity (Wildman–Crippen MR) is 118 cm³/mol. The Labute approximate surface area is 169 Å². The molecule has 0 aliphatic carbocycles. The van der Waals surface area contributed by atoms with E-state index in [1.165, 1.54) is 0 Å². The third kappa shape index (κ3) is 4.16. The molecule has 0 atom stereocenters. The summed E-state index contributed by atoms with van der Waals surface area (Å²) >= 11 is 0. The largest absolute Gasteiger partial charge is 0.306 e. The van der Waals surface area contributed by atoms with Gasteiger partial charge in [-0.1, -0.05) is 36.4 Å². The topological polar surface area (TPSA) is 68.3 Å². The first-order valence-electron chi connectivity index (χ1n) is 9.25. The molecule has 3 heterocycles. The Balaban J connectivity index is 1.52. The Hall–Kier alpha value is -3.93. The van der Waals surface area contributed by atoms with Gasteiger partial charge in [-0.05, 0) is 36.5 Å². The van der Waals surface area contributed by atoms with Crippen LogP contribution in [0.25, 0.3) is 22.7 Å². The van der Waals surface area contributed by atoms with E-state index in [2.05, 4.69) is 43.8 Å². The van der Waals surface area contributed by atoms with E-state index in [1.54, 1.807) is 18.6 Å². The van der Waals surface area contributed by atoms with Crippen LogP contribution in [0.4, 0.5) is 5.82 Å². The molecule has 29 heavy (non-hydrogen) atoms. The highest BCUT2D eigenvalue weighted by molar-refractivity contribution is 5.83. The molecule has 0 unspecified atom stereocenters. The SMILES string of the molecule is C=Nc1nc(CN=Cc2cncc(-n3cc4ccccc4c3)n2)ccc1/C=C\C. The molecule has 0 amide bonds. The molecule has 0 bridgehead atoms. The van der Waals surface area contributed by atoms with E-state index < -0.39 is 0 Å². The van der Waals surface area contributed by atoms with Crippen LogP contribution in [-0.4, -0.2) is 32.5 Å². The monoisotopic (exact) mass is 380 g/mol. The highest BCUT2D eigenvalue weighted by Gasteiger charge is 2.04. The van der Waals surface area contributed by atoms with Gasteiger partial charge in [-0.25, -0.2) is 15.0 Å². The number of rotatable bonds is 6. The maximum absolute atomic E-state index is 4.63. The summed E-state index contributed by atoms with van der Waals surface area (Å²) in [5.41, 5.74) is 2.44. The molecule has 1 aromatic carbocycles. The number of hydrogen-bond acceptors (Lipinski definition) is 5. The Morgan fingerprint density at radius 1 is 1.03 bits per heavy atom. The fraction of sp³-hybridized carbons (Fsp3) is 0.0870. The minimum absolute atomic E-state index is 0.429. The van der Waals surface area contributed by atoms with Crippen LogP contribution in [0.1, 0.15) is 23.9 Å². The molecule has 142 valence electrons. The van der Waals surface area contributed by atoms with Crippen molar-refractivity contribution < 1.29 is 0 Å². The summed E-state index contributed by atoms with van der Waals surface area (Å²) < 4.78 is 1.97. The summed E-state index contributed by atoms with van der Waals surface area (Å²) in [4.78, 5) is 21.9. The number of nitrogens with zero attached hydrogens (tertiary/aromatic N) is 6. The van der Waals surface area contributed by atoms with Crippen LogP contribution < -0.4 is 0 Å². The number of aromatic nitrogens is 4. The summed E-state index contributed by atoms with van der Waals surface area (Å²) in [5, 5.41) is 2.32. The Morgan fingerprint density at radius 3 is 2.55 bits per heavy atom. The summed E-state index contributed by atoms with van der Waals surface area (Å²) in [6.45, 7) is 5.98. The fourth-order valence-electron chi connectivity index (χ4n) is 3.03.